The van der Waals surface area contributed by atoms with Crippen molar-refractivity contribution in [1.82, 2.24) is 4.98 Å². The van der Waals surface area contributed by atoms with Gasteiger partial charge in [-0.05, 0) is 36.4 Å². The molecule has 5 nitrogen and oxygen atoms in total. The number of hydrogen-bond donors (Lipinski definition) is 2. The van der Waals surface area contributed by atoms with E-state index in [1.807, 2.05) is 30.5 Å². The summed E-state index contributed by atoms with van der Waals surface area (Å²) in [6, 6.07) is 7.84. The quantitative estimate of drug-likeness (QED) is 0.810. The molecule has 0 saturated carbocycles. The lowest BCUT2D eigenvalue weighted by Crippen LogP contribution is -2.39. The number of pyridine rings is 1. The van der Waals surface area contributed by atoms with Crippen molar-refractivity contribution in [2.45, 2.75) is 12.8 Å². The fourth-order valence-corrected chi connectivity index (χ4v) is 2.80. The van der Waals surface area contributed by atoms with Gasteiger partial charge in [-0.2, -0.15) is 0 Å². The van der Waals surface area contributed by atoms with Gasteiger partial charge in [0.15, 0.2) is 0 Å². The highest BCUT2D eigenvalue weighted by Crippen LogP contribution is 2.29. The highest BCUT2D eigenvalue weighted by atomic mass is 16.1. The Hall–Kier alpha value is -2.30. The van der Waals surface area contributed by atoms with E-state index in [4.69, 9.17) is 11.5 Å². The first kappa shape index (κ1) is 12.7. The van der Waals surface area contributed by atoms with Gasteiger partial charge in [0.1, 0.15) is 5.82 Å². The number of carbonyl (C=O) groups is 1. The number of hydrogen-bond acceptors (Lipinski definition) is 4. The van der Waals surface area contributed by atoms with E-state index in [9.17, 15) is 4.79 Å². The molecule has 4 N–H and O–H groups in total. The summed E-state index contributed by atoms with van der Waals surface area (Å²) in [7, 11) is 0. The molecule has 104 valence electrons. The summed E-state index contributed by atoms with van der Waals surface area (Å²) in [6.45, 7) is 1.60. The maximum Gasteiger partial charge on any atom is 0.220 e. The van der Waals surface area contributed by atoms with Gasteiger partial charge in [0.05, 0.1) is 0 Å². The fraction of sp³-hybridized carbons (Fsp3) is 0.333. The first-order valence-corrected chi connectivity index (χ1v) is 6.83. The van der Waals surface area contributed by atoms with Crippen molar-refractivity contribution in [1.29, 1.82) is 0 Å². The van der Waals surface area contributed by atoms with Crippen LogP contribution in [0.25, 0.3) is 10.8 Å². The number of anilines is 2. The van der Waals surface area contributed by atoms with Gasteiger partial charge >= 0.3 is 0 Å². The third-order valence-electron chi connectivity index (χ3n) is 3.97. The first-order chi connectivity index (χ1) is 9.65. The van der Waals surface area contributed by atoms with E-state index in [-0.39, 0.29) is 11.8 Å². The zero-order valence-electron chi connectivity index (χ0n) is 11.2. The van der Waals surface area contributed by atoms with Crippen LogP contribution in [0.15, 0.2) is 30.5 Å². The predicted octanol–water partition coefficient (Wildman–Crippen LogP) is 1.52. The van der Waals surface area contributed by atoms with E-state index in [1.165, 1.54) is 0 Å². The highest BCUT2D eigenvalue weighted by molar-refractivity contribution is 5.94. The standard InChI is InChI=1S/C15H18N4O/c16-12-2-1-10-3-6-18-15(13(10)9-12)19-7-4-11(5-8-19)14(17)20/h1-3,6,9,11H,4-5,7-8,16H2,(H2,17,20). The number of nitrogen functional groups attached to an aromatic ring is 1. The molecule has 1 amide bonds. The molecule has 1 saturated heterocycles. The number of carbonyl (C=O) groups excluding carboxylic acids is 1. The van der Waals surface area contributed by atoms with Crippen LogP contribution in [0.5, 0.6) is 0 Å². The fourth-order valence-electron chi connectivity index (χ4n) is 2.80. The second-order valence-corrected chi connectivity index (χ2v) is 5.28. The number of primary amides is 1. The summed E-state index contributed by atoms with van der Waals surface area (Å²) in [5.74, 6) is 0.740. The van der Waals surface area contributed by atoms with Crippen LogP contribution in [0.2, 0.25) is 0 Å². The van der Waals surface area contributed by atoms with Crippen molar-refractivity contribution in [3.63, 3.8) is 0 Å². The van der Waals surface area contributed by atoms with Gasteiger partial charge < -0.3 is 16.4 Å². The van der Waals surface area contributed by atoms with Crippen molar-refractivity contribution < 1.29 is 4.79 Å². The van der Waals surface area contributed by atoms with E-state index >= 15 is 0 Å². The maximum absolute atomic E-state index is 11.2. The summed E-state index contributed by atoms with van der Waals surface area (Å²) in [5.41, 5.74) is 12.0. The molecular weight excluding hydrogens is 252 g/mol. The Kier molecular flexibility index (Phi) is 3.18. The summed E-state index contributed by atoms with van der Waals surface area (Å²) in [4.78, 5) is 17.9. The minimum atomic E-state index is -0.195. The Bertz CT molecular complexity index is 647. The van der Waals surface area contributed by atoms with Crippen LogP contribution in [0.1, 0.15) is 12.8 Å². The molecule has 0 spiro atoms. The Morgan fingerprint density at radius 2 is 2.00 bits per heavy atom. The first-order valence-electron chi connectivity index (χ1n) is 6.83. The molecule has 1 aromatic carbocycles. The maximum atomic E-state index is 11.2. The van der Waals surface area contributed by atoms with Crippen LogP contribution >= 0.6 is 0 Å². The van der Waals surface area contributed by atoms with E-state index in [2.05, 4.69) is 9.88 Å². The molecule has 1 aliphatic rings. The Morgan fingerprint density at radius 3 is 2.70 bits per heavy atom. The number of piperidine rings is 1. The van der Waals surface area contributed by atoms with Gasteiger partial charge in [0, 0.05) is 36.3 Å². The second kappa shape index (κ2) is 5.00. The van der Waals surface area contributed by atoms with Crippen LogP contribution in [0.3, 0.4) is 0 Å². The smallest absolute Gasteiger partial charge is 0.220 e. The van der Waals surface area contributed by atoms with Gasteiger partial charge in [0.2, 0.25) is 5.91 Å². The van der Waals surface area contributed by atoms with Crippen molar-refractivity contribution in [2.75, 3.05) is 23.7 Å². The molecule has 0 radical (unpaired) electrons. The van der Waals surface area contributed by atoms with Crippen LogP contribution < -0.4 is 16.4 Å². The van der Waals surface area contributed by atoms with Crippen molar-refractivity contribution in [3.8, 4) is 0 Å². The van der Waals surface area contributed by atoms with Crippen LogP contribution in [0.4, 0.5) is 11.5 Å². The molecule has 2 aromatic rings. The van der Waals surface area contributed by atoms with Crippen LogP contribution in [-0.4, -0.2) is 24.0 Å². The van der Waals surface area contributed by atoms with E-state index in [1.54, 1.807) is 0 Å². The summed E-state index contributed by atoms with van der Waals surface area (Å²) >= 11 is 0. The predicted molar refractivity (Wildman–Crippen MR) is 80.3 cm³/mol. The SMILES string of the molecule is NC(=O)C1CCN(c2nccc3ccc(N)cc23)CC1. The Morgan fingerprint density at radius 1 is 1.25 bits per heavy atom. The highest BCUT2D eigenvalue weighted by Gasteiger charge is 2.24. The number of amides is 1. The number of aromatic nitrogens is 1. The van der Waals surface area contributed by atoms with Gasteiger partial charge in [-0.1, -0.05) is 6.07 Å². The zero-order valence-corrected chi connectivity index (χ0v) is 11.2. The largest absolute Gasteiger partial charge is 0.399 e. The molecule has 0 aliphatic carbocycles. The van der Waals surface area contributed by atoms with Crippen molar-refractivity contribution in [3.05, 3.63) is 30.5 Å². The zero-order chi connectivity index (χ0) is 14.1. The van der Waals surface area contributed by atoms with Crippen molar-refractivity contribution >= 4 is 28.2 Å². The second-order valence-electron chi connectivity index (χ2n) is 5.28. The van der Waals surface area contributed by atoms with Gasteiger partial charge in [0.25, 0.3) is 0 Å². The molecule has 20 heavy (non-hydrogen) atoms. The molecule has 0 bridgehead atoms. The minimum Gasteiger partial charge on any atom is -0.399 e. The van der Waals surface area contributed by atoms with Crippen LogP contribution in [-0.2, 0) is 4.79 Å². The van der Waals surface area contributed by atoms with Gasteiger partial charge in [-0.15, -0.1) is 0 Å². The molecule has 1 aromatic heterocycles. The third kappa shape index (κ3) is 2.27. The number of benzene rings is 1. The summed E-state index contributed by atoms with van der Waals surface area (Å²) in [6.07, 6.45) is 3.39. The molecule has 5 heteroatoms. The lowest BCUT2D eigenvalue weighted by atomic mass is 9.96. The average molecular weight is 270 g/mol. The lowest BCUT2D eigenvalue weighted by Gasteiger charge is -2.32. The summed E-state index contributed by atoms with van der Waals surface area (Å²) in [5, 5.41) is 2.19. The molecule has 1 aliphatic heterocycles. The normalized spacial score (nSPS) is 16.5. The average Bonchev–Trinajstić information content (AvgIpc) is 2.46. The number of nitrogens with zero attached hydrogens (tertiary/aromatic N) is 2. The van der Waals surface area contributed by atoms with Gasteiger partial charge in [-0.25, -0.2) is 4.98 Å². The molecular formula is C15H18N4O. The number of rotatable bonds is 2. The van der Waals surface area contributed by atoms with E-state index in [0.717, 1.165) is 48.2 Å². The van der Waals surface area contributed by atoms with Crippen molar-refractivity contribution in [2.24, 2.45) is 11.7 Å². The number of fused-ring (bicyclic) bond motifs is 1. The molecule has 3 rings (SSSR count). The lowest BCUT2D eigenvalue weighted by molar-refractivity contribution is -0.122. The molecule has 0 atom stereocenters. The molecule has 1 fully saturated rings. The molecule has 2 heterocycles. The Labute approximate surface area is 117 Å². The number of nitrogens with two attached hydrogens (primary N) is 2. The minimum absolute atomic E-state index is 0.00806. The van der Waals surface area contributed by atoms with Gasteiger partial charge in [-0.3, -0.25) is 4.79 Å². The Balaban J connectivity index is 1.91. The topological polar surface area (TPSA) is 85.2 Å². The van der Waals surface area contributed by atoms with E-state index < -0.39 is 0 Å². The molecule has 0 unspecified atom stereocenters. The van der Waals surface area contributed by atoms with E-state index in [0.29, 0.717) is 0 Å². The monoisotopic (exact) mass is 270 g/mol. The summed E-state index contributed by atoms with van der Waals surface area (Å²) < 4.78 is 0. The van der Waals surface area contributed by atoms with Crippen LogP contribution in [0, 0.1) is 5.92 Å². The third-order valence-corrected chi connectivity index (χ3v) is 3.97.